The number of nitrogens with two attached hydrogens (primary N) is 1. The molecule has 0 aliphatic rings. The molecular formula is C11H19N3O3S. The predicted octanol–water partition coefficient (Wildman–Crippen LogP) is 1.08. The molecule has 102 valence electrons. The molecule has 3 N–H and O–H groups in total. The monoisotopic (exact) mass is 273 g/mol. The molecule has 0 bridgehead atoms. The second-order valence-electron chi connectivity index (χ2n) is 4.38. The van der Waals surface area contributed by atoms with Gasteiger partial charge in [-0.3, -0.25) is 10.2 Å². The van der Waals surface area contributed by atoms with Gasteiger partial charge >= 0.3 is 0 Å². The summed E-state index contributed by atoms with van der Waals surface area (Å²) in [6, 6.07) is 0. The number of nitrogens with one attached hydrogen (secondary N) is 1. The first-order valence-electron chi connectivity index (χ1n) is 5.57. The van der Waals surface area contributed by atoms with E-state index < -0.39 is 0 Å². The number of ether oxygens (including phenoxy) is 2. The fraction of sp³-hybridized carbons (Fsp3) is 0.636. The molecule has 1 heterocycles. The van der Waals surface area contributed by atoms with E-state index in [4.69, 9.17) is 15.3 Å². The van der Waals surface area contributed by atoms with Crippen molar-refractivity contribution in [3.05, 3.63) is 16.1 Å². The summed E-state index contributed by atoms with van der Waals surface area (Å²) in [4.78, 5) is 15.3. The van der Waals surface area contributed by atoms with Gasteiger partial charge in [0, 0.05) is 19.1 Å². The van der Waals surface area contributed by atoms with Gasteiger partial charge in [-0.25, -0.2) is 10.8 Å². The number of carbonyl (C=O) groups excluding carboxylic acids is 1. The summed E-state index contributed by atoms with van der Waals surface area (Å²) in [5.41, 5.74) is 2.58. The fourth-order valence-electron chi connectivity index (χ4n) is 1.14. The molecule has 0 fully saturated rings. The van der Waals surface area contributed by atoms with Crippen LogP contribution >= 0.6 is 11.3 Å². The van der Waals surface area contributed by atoms with Gasteiger partial charge in [-0.1, -0.05) is 0 Å². The van der Waals surface area contributed by atoms with E-state index in [1.807, 2.05) is 19.3 Å². The van der Waals surface area contributed by atoms with Crippen molar-refractivity contribution in [2.75, 3.05) is 13.7 Å². The Balaban J connectivity index is 2.32. The van der Waals surface area contributed by atoms with Crippen LogP contribution in [-0.4, -0.2) is 30.2 Å². The van der Waals surface area contributed by atoms with Gasteiger partial charge in [0.1, 0.15) is 0 Å². The second-order valence-corrected chi connectivity index (χ2v) is 5.24. The standard InChI is InChI=1S/C11H19N3O3S/c1-11(2,16-3)4-5-17-6-8-7-18-10(13-8)9(15)14-12/h7H,4-6,12H2,1-3H3,(H,14,15). The first kappa shape index (κ1) is 15.0. The topological polar surface area (TPSA) is 86.5 Å². The van der Waals surface area contributed by atoms with Crippen molar-refractivity contribution in [3.8, 4) is 0 Å². The zero-order valence-corrected chi connectivity index (χ0v) is 11.7. The van der Waals surface area contributed by atoms with E-state index in [1.165, 1.54) is 11.3 Å². The number of hydrazine groups is 1. The van der Waals surface area contributed by atoms with Crippen molar-refractivity contribution in [2.45, 2.75) is 32.5 Å². The smallest absolute Gasteiger partial charge is 0.294 e. The van der Waals surface area contributed by atoms with Crippen molar-refractivity contribution in [1.82, 2.24) is 10.4 Å². The maximum absolute atomic E-state index is 11.2. The molecule has 0 aliphatic carbocycles. The second kappa shape index (κ2) is 6.79. The number of methoxy groups -OCH3 is 1. The lowest BCUT2D eigenvalue weighted by molar-refractivity contribution is -0.0127. The summed E-state index contributed by atoms with van der Waals surface area (Å²) in [7, 11) is 1.68. The Morgan fingerprint density at radius 2 is 2.33 bits per heavy atom. The molecule has 1 aromatic rings. The fourth-order valence-corrected chi connectivity index (χ4v) is 1.84. The number of carbonyl (C=O) groups is 1. The van der Waals surface area contributed by atoms with Gasteiger partial charge in [0.25, 0.3) is 5.91 Å². The first-order valence-corrected chi connectivity index (χ1v) is 6.44. The van der Waals surface area contributed by atoms with E-state index in [-0.39, 0.29) is 11.5 Å². The molecule has 1 aromatic heterocycles. The molecule has 1 amide bonds. The minimum absolute atomic E-state index is 0.188. The molecular weight excluding hydrogens is 254 g/mol. The zero-order valence-electron chi connectivity index (χ0n) is 10.9. The number of rotatable bonds is 7. The summed E-state index contributed by atoms with van der Waals surface area (Å²) < 4.78 is 10.8. The highest BCUT2D eigenvalue weighted by molar-refractivity contribution is 7.11. The van der Waals surface area contributed by atoms with Crippen LogP contribution in [0.2, 0.25) is 0 Å². The van der Waals surface area contributed by atoms with E-state index in [9.17, 15) is 4.79 Å². The zero-order chi connectivity index (χ0) is 13.6. The molecule has 0 aliphatic heterocycles. The van der Waals surface area contributed by atoms with Gasteiger partial charge in [-0.2, -0.15) is 0 Å². The van der Waals surface area contributed by atoms with Crippen LogP contribution in [0.25, 0.3) is 0 Å². The van der Waals surface area contributed by atoms with Gasteiger partial charge in [-0.15, -0.1) is 11.3 Å². The van der Waals surface area contributed by atoms with Crippen LogP contribution in [0.15, 0.2) is 5.38 Å². The minimum atomic E-state index is -0.383. The quantitative estimate of drug-likeness (QED) is 0.336. The van der Waals surface area contributed by atoms with Crippen molar-refractivity contribution in [1.29, 1.82) is 0 Å². The number of nitrogens with zero attached hydrogens (tertiary/aromatic N) is 1. The minimum Gasteiger partial charge on any atom is -0.379 e. The molecule has 0 saturated heterocycles. The van der Waals surface area contributed by atoms with Crippen LogP contribution in [0.3, 0.4) is 0 Å². The lowest BCUT2D eigenvalue weighted by atomic mass is 10.1. The molecule has 0 spiro atoms. The Morgan fingerprint density at radius 1 is 1.61 bits per heavy atom. The van der Waals surface area contributed by atoms with Crippen molar-refractivity contribution >= 4 is 17.2 Å². The first-order chi connectivity index (χ1) is 8.48. The molecule has 0 aromatic carbocycles. The number of amides is 1. The molecule has 6 nitrogen and oxygen atoms in total. The predicted molar refractivity (Wildman–Crippen MR) is 69.1 cm³/mol. The van der Waals surface area contributed by atoms with Gasteiger partial charge in [-0.05, 0) is 20.3 Å². The average Bonchev–Trinajstić information content (AvgIpc) is 2.82. The van der Waals surface area contributed by atoms with Crippen LogP contribution in [0.5, 0.6) is 0 Å². The third-order valence-corrected chi connectivity index (χ3v) is 3.42. The van der Waals surface area contributed by atoms with Crippen LogP contribution < -0.4 is 11.3 Å². The van der Waals surface area contributed by atoms with Crippen LogP contribution in [-0.2, 0) is 16.1 Å². The number of nitrogen functional groups attached to an aromatic ring is 1. The van der Waals surface area contributed by atoms with Crippen LogP contribution in [0, 0.1) is 0 Å². The molecule has 0 unspecified atom stereocenters. The molecule has 0 radical (unpaired) electrons. The molecule has 0 atom stereocenters. The Labute approximate surface area is 110 Å². The highest BCUT2D eigenvalue weighted by atomic mass is 32.1. The molecule has 18 heavy (non-hydrogen) atoms. The number of thiazole rings is 1. The van der Waals surface area contributed by atoms with Gasteiger partial charge in [0.2, 0.25) is 0 Å². The van der Waals surface area contributed by atoms with Gasteiger partial charge in [0.05, 0.1) is 17.9 Å². The summed E-state index contributed by atoms with van der Waals surface area (Å²) in [5, 5.41) is 2.12. The van der Waals surface area contributed by atoms with Crippen LogP contribution in [0.1, 0.15) is 35.8 Å². The third-order valence-electron chi connectivity index (χ3n) is 2.53. The Kier molecular flexibility index (Phi) is 5.67. The van der Waals surface area contributed by atoms with E-state index in [2.05, 4.69) is 4.98 Å². The van der Waals surface area contributed by atoms with E-state index >= 15 is 0 Å². The Hall–Kier alpha value is -1.02. The molecule has 1 rings (SSSR count). The highest BCUT2D eigenvalue weighted by Gasteiger charge is 2.16. The third kappa shape index (κ3) is 4.69. The number of aromatic nitrogens is 1. The van der Waals surface area contributed by atoms with E-state index in [0.717, 1.165) is 12.1 Å². The van der Waals surface area contributed by atoms with E-state index in [1.54, 1.807) is 12.5 Å². The van der Waals surface area contributed by atoms with Crippen molar-refractivity contribution < 1.29 is 14.3 Å². The van der Waals surface area contributed by atoms with Gasteiger partial charge in [0.15, 0.2) is 5.01 Å². The largest absolute Gasteiger partial charge is 0.379 e. The molecule has 7 heteroatoms. The maximum Gasteiger partial charge on any atom is 0.294 e. The average molecular weight is 273 g/mol. The summed E-state index contributed by atoms with van der Waals surface area (Å²) in [6.45, 7) is 4.97. The lowest BCUT2D eigenvalue weighted by Crippen LogP contribution is -2.29. The number of hydrogen-bond acceptors (Lipinski definition) is 6. The Bertz CT molecular complexity index is 393. The Morgan fingerprint density at radius 3 is 2.94 bits per heavy atom. The number of hydrogen-bond donors (Lipinski definition) is 2. The maximum atomic E-state index is 11.2. The van der Waals surface area contributed by atoms with Crippen LogP contribution in [0.4, 0.5) is 0 Å². The lowest BCUT2D eigenvalue weighted by Gasteiger charge is -2.22. The van der Waals surface area contributed by atoms with E-state index in [0.29, 0.717) is 18.2 Å². The molecule has 0 saturated carbocycles. The van der Waals surface area contributed by atoms with Crippen molar-refractivity contribution in [2.24, 2.45) is 5.84 Å². The summed E-state index contributed by atoms with van der Waals surface area (Å²) in [5.74, 6) is 4.64. The highest BCUT2D eigenvalue weighted by Crippen LogP contribution is 2.14. The van der Waals surface area contributed by atoms with Crippen molar-refractivity contribution in [3.63, 3.8) is 0 Å². The summed E-state index contributed by atoms with van der Waals surface area (Å²) >= 11 is 1.24. The van der Waals surface area contributed by atoms with Gasteiger partial charge < -0.3 is 9.47 Å². The SMILES string of the molecule is COC(C)(C)CCOCc1csc(C(=O)NN)n1. The summed E-state index contributed by atoms with van der Waals surface area (Å²) in [6.07, 6.45) is 0.795. The normalized spacial score (nSPS) is 11.6.